The summed E-state index contributed by atoms with van der Waals surface area (Å²) in [5.41, 5.74) is 6.11. The molecule has 2 amide bonds. The van der Waals surface area contributed by atoms with Crippen LogP contribution in [0.3, 0.4) is 0 Å². The molecule has 2 N–H and O–H groups in total. The zero-order valence-corrected chi connectivity index (χ0v) is 14.1. The van der Waals surface area contributed by atoms with Gasteiger partial charge >= 0.3 is 0 Å². The highest BCUT2D eigenvalue weighted by Gasteiger charge is 2.13. The van der Waals surface area contributed by atoms with E-state index in [2.05, 4.69) is 10.9 Å². The van der Waals surface area contributed by atoms with Crippen molar-refractivity contribution < 1.29 is 9.59 Å². The SMILES string of the molecule is CC(C)C(=O)NNC(=O)Cn1c2ccccc2c(=O)c2ccccc21. The van der Waals surface area contributed by atoms with E-state index in [1.54, 1.807) is 42.7 Å². The van der Waals surface area contributed by atoms with Crippen LogP contribution in [0.25, 0.3) is 21.8 Å². The Bertz CT molecular complexity index is 961. The quantitative estimate of drug-likeness (QED) is 0.566. The van der Waals surface area contributed by atoms with Crippen LogP contribution in [0.1, 0.15) is 13.8 Å². The summed E-state index contributed by atoms with van der Waals surface area (Å²) < 4.78 is 1.78. The number of benzene rings is 2. The summed E-state index contributed by atoms with van der Waals surface area (Å²) in [4.78, 5) is 36.5. The molecule has 1 aromatic heterocycles. The molecule has 0 fully saturated rings. The molecule has 128 valence electrons. The molecule has 0 aliphatic carbocycles. The predicted octanol–water partition coefficient (Wildman–Crippen LogP) is 1.96. The molecule has 0 saturated carbocycles. The molecule has 2 aromatic carbocycles. The number of fused-ring (bicyclic) bond motifs is 2. The number of nitrogens with zero attached hydrogens (tertiary/aromatic N) is 1. The molecule has 6 nitrogen and oxygen atoms in total. The number of hydrogen-bond acceptors (Lipinski definition) is 3. The van der Waals surface area contributed by atoms with Crippen LogP contribution in [0.15, 0.2) is 53.3 Å². The van der Waals surface area contributed by atoms with Gasteiger partial charge in [0.15, 0.2) is 5.43 Å². The van der Waals surface area contributed by atoms with Crippen molar-refractivity contribution in [2.75, 3.05) is 0 Å². The van der Waals surface area contributed by atoms with Crippen molar-refractivity contribution in [1.29, 1.82) is 0 Å². The number of amides is 2. The second-order valence-corrected chi connectivity index (χ2v) is 6.14. The largest absolute Gasteiger partial charge is 0.331 e. The minimum absolute atomic E-state index is 0.0142. The first-order chi connectivity index (χ1) is 12.0. The summed E-state index contributed by atoms with van der Waals surface area (Å²) in [5, 5.41) is 1.11. The number of pyridine rings is 1. The third-order valence-electron chi connectivity index (χ3n) is 4.03. The van der Waals surface area contributed by atoms with E-state index in [0.29, 0.717) is 21.8 Å². The smallest absolute Gasteiger partial charge is 0.258 e. The molecular weight excluding hydrogens is 318 g/mol. The highest BCUT2D eigenvalue weighted by Crippen LogP contribution is 2.18. The van der Waals surface area contributed by atoms with Crippen LogP contribution in [-0.4, -0.2) is 16.4 Å². The molecule has 0 atom stereocenters. The average Bonchev–Trinajstić information content (AvgIpc) is 2.63. The monoisotopic (exact) mass is 337 g/mol. The highest BCUT2D eigenvalue weighted by atomic mass is 16.2. The molecule has 6 heteroatoms. The van der Waals surface area contributed by atoms with Gasteiger partial charge in [-0.05, 0) is 24.3 Å². The maximum absolute atomic E-state index is 12.6. The van der Waals surface area contributed by atoms with Gasteiger partial charge in [0.05, 0.1) is 11.0 Å². The lowest BCUT2D eigenvalue weighted by Crippen LogP contribution is -2.44. The first-order valence-electron chi connectivity index (χ1n) is 8.08. The molecule has 3 rings (SSSR count). The molecule has 0 radical (unpaired) electrons. The number of rotatable bonds is 3. The lowest BCUT2D eigenvalue weighted by Gasteiger charge is -2.15. The van der Waals surface area contributed by atoms with Crippen LogP contribution in [-0.2, 0) is 16.1 Å². The van der Waals surface area contributed by atoms with E-state index in [-0.39, 0.29) is 29.7 Å². The Morgan fingerprint density at radius 3 is 1.96 bits per heavy atom. The van der Waals surface area contributed by atoms with Gasteiger partial charge < -0.3 is 4.57 Å². The van der Waals surface area contributed by atoms with Crippen LogP contribution in [0, 0.1) is 5.92 Å². The van der Waals surface area contributed by atoms with Crippen molar-refractivity contribution in [3.63, 3.8) is 0 Å². The zero-order valence-electron chi connectivity index (χ0n) is 14.1. The lowest BCUT2D eigenvalue weighted by atomic mass is 10.1. The number of aromatic nitrogens is 1. The Morgan fingerprint density at radius 2 is 1.44 bits per heavy atom. The van der Waals surface area contributed by atoms with Gasteiger partial charge in [-0.2, -0.15) is 0 Å². The van der Waals surface area contributed by atoms with Crippen molar-refractivity contribution >= 4 is 33.6 Å². The van der Waals surface area contributed by atoms with E-state index >= 15 is 0 Å². The Morgan fingerprint density at radius 1 is 0.920 bits per heavy atom. The Hall–Kier alpha value is -3.15. The Labute approximate surface area is 144 Å². The second kappa shape index (κ2) is 6.76. The minimum Gasteiger partial charge on any atom is -0.331 e. The zero-order chi connectivity index (χ0) is 18.0. The molecule has 25 heavy (non-hydrogen) atoms. The molecule has 3 aromatic rings. The van der Waals surface area contributed by atoms with Gasteiger partial charge in [0.25, 0.3) is 5.91 Å². The minimum atomic E-state index is -0.368. The molecule has 0 aliphatic rings. The van der Waals surface area contributed by atoms with Crippen molar-refractivity contribution in [3.8, 4) is 0 Å². The van der Waals surface area contributed by atoms with Crippen LogP contribution in [0.5, 0.6) is 0 Å². The molecule has 0 spiro atoms. The summed E-state index contributed by atoms with van der Waals surface area (Å²) in [5.74, 6) is -0.856. The number of carbonyl (C=O) groups excluding carboxylic acids is 2. The standard InChI is InChI=1S/C19H19N3O3/c1-12(2)19(25)21-20-17(23)11-22-15-9-5-3-7-13(15)18(24)14-8-4-6-10-16(14)22/h3-10,12H,11H2,1-2H3,(H,20,23)(H,21,25). The van der Waals surface area contributed by atoms with E-state index < -0.39 is 0 Å². The van der Waals surface area contributed by atoms with Crippen molar-refractivity contribution in [1.82, 2.24) is 15.4 Å². The van der Waals surface area contributed by atoms with Crippen LogP contribution in [0.4, 0.5) is 0 Å². The maximum atomic E-state index is 12.6. The van der Waals surface area contributed by atoms with Gasteiger partial charge in [-0.15, -0.1) is 0 Å². The molecule has 0 bridgehead atoms. The number of nitrogens with one attached hydrogen (secondary N) is 2. The fraction of sp³-hybridized carbons (Fsp3) is 0.211. The fourth-order valence-electron chi connectivity index (χ4n) is 2.71. The molecule has 0 aliphatic heterocycles. The van der Waals surface area contributed by atoms with Gasteiger partial charge in [0, 0.05) is 16.7 Å². The number of para-hydroxylation sites is 2. The summed E-state index contributed by atoms with van der Waals surface area (Å²) in [6.45, 7) is 3.47. The number of hydrogen-bond donors (Lipinski definition) is 2. The lowest BCUT2D eigenvalue weighted by molar-refractivity contribution is -0.130. The normalized spacial score (nSPS) is 11.0. The third kappa shape index (κ3) is 3.24. The fourth-order valence-corrected chi connectivity index (χ4v) is 2.71. The Kier molecular flexibility index (Phi) is 4.52. The van der Waals surface area contributed by atoms with Gasteiger partial charge in [-0.1, -0.05) is 38.1 Å². The Balaban J connectivity index is 2.02. The highest BCUT2D eigenvalue weighted by molar-refractivity contribution is 5.95. The number of hydrazine groups is 1. The average molecular weight is 337 g/mol. The van der Waals surface area contributed by atoms with E-state index in [0.717, 1.165) is 0 Å². The van der Waals surface area contributed by atoms with Crippen molar-refractivity contribution in [3.05, 3.63) is 58.8 Å². The first kappa shape index (κ1) is 16.7. The van der Waals surface area contributed by atoms with Gasteiger partial charge in [-0.25, -0.2) is 0 Å². The summed E-state index contributed by atoms with van der Waals surface area (Å²) in [7, 11) is 0. The van der Waals surface area contributed by atoms with E-state index in [9.17, 15) is 14.4 Å². The van der Waals surface area contributed by atoms with Crippen LogP contribution in [0.2, 0.25) is 0 Å². The molecule has 0 saturated heterocycles. The van der Waals surface area contributed by atoms with Gasteiger partial charge in [-0.3, -0.25) is 25.2 Å². The summed E-state index contributed by atoms with van der Waals surface area (Å²) in [6.07, 6.45) is 0. The molecular formula is C19H19N3O3. The van der Waals surface area contributed by atoms with Gasteiger partial charge in [0.1, 0.15) is 6.54 Å². The summed E-state index contributed by atoms with van der Waals surface area (Å²) >= 11 is 0. The predicted molar refractivity (Wildman–Crippen MR) is 96.8 cm³/mol. The molecule has 0 unspecified atom stereocenters. The second-order valence-electron chi connectivity index (χ2n) is 6.14. The van der Waals surface area contributed by atoms with Crippen molar-refractivity contribution in [2.24, 2.45) is 5.92 Å². The topological polar surface area (TPSA) is 80.2 Å². The van der Waals surface area contributed by atoms with Crippen LogP contribution < -0.4 is 16.3 Å². The first-order valence-corrected chi connectivity index (χ1v) is 8.08. The van der Waals surface area contributed by atoms with Crippen LogP contribution >= 0.6 is 0 Å². The van der Waals surface area contributed by atoms with Gasteiger partial charge in [0.2, 0.25) is 5.91 Å². The molecule has 1 heterocycles. The van der Waals surface area contributed by atoms with E-state index in [4.69, 9.17) is 0 Å². The van der Waals surface area contributed by atoms with Crippen molar-refractivity contribution in [2.45, 2.75) is 20.4 Å². The maximum Gasteiger partial charge on any atom is 0.258 e. The third-order valence-corrected chi connectivity index (χ3v) is 4.03. The van der Waals surface area contributed by atoms with E-state index in [1.165, 1.54) is 0 Å². The summed E-state index contributed by atoms with van der Waals surface area (Å²) in [6, 6.07) is 14.4. The van der Waals surface area contributed by atoms with E-state index in [1.807, 2.05) is 24.3 Å². The number of carbonyl (C=O) groups is 2.